The van der Waals surface area contributed by atoms with Crippen molar-refractivity contribution < 1.29 is 52.7 Å². The van der Waals surface area contributed by atoms with E-state index in [1.54, 1.807) is 13.8 Å². The van der Waals surface area contributed by atoms with Crippen molar-refractivity contribution in [2.45, 2.75) is 134 Å². The van der Waals surface area contributed by atoms with E-state index in [9.17, 15) is 14.4 Å². The summed E-state index contributed by atoms with van der Waals surface area (Å²) in [5.74, 6) is 3.39. The minimum atomic E-state index is -1.05. The molecule has 2 atom stereocenters. The van der Waals surface area contributed by atoms with Crippen molar-refractivity contribution in [1.82, 2.24) is 0 Å². The first-order valence-electron chi connectivity index (χ1n) is 21.3. The van der Waals surface area contributed by atoms with E-state index in [0.29, 0.717) is 73.3 Å². The Morgan fingerprint density at radius 2 is 1.04 bits per heavy atom. The maximum atomic E-state index is 14.1. The molecule has 0 amide bonds. The molecule has 1 heterocycles. The first-order chi connectivity index (χ1) is 25.8. The van der Waals surface area contributed by atoms with Crippen molar-refractivity contribution in [3.05, 3.63) is 0 Å². The zero-order valence-corrected chi connectivity index (χ0v) is 33.0. The lowest BCUT2D eigenvalue weighted by Gasteiger charge is -2.65. The highest BCUT2D eigenvalue weighted by molar-refractivity contribution is 7.96. The van der Waals surface area contributed by atoms with Gasteiger partial charge in [-0.05, 0) is 164 Å². The van der Waals surface area contributed by atoms with Crippen LogP contribution in [0.4, 0.5) is 0 Å². The first-order valence-corrected chi connectivity index (χ1v) is 22.0. The standard InChI is InChI=1S/C42H60O11S/c1-37(2,54-53-52-46)34(43)47-20-38-11-31-9-32(18-38)42(33(10-31)19-38)50-23-39(24-51-42,21-48-35(44)40-12-25-3-26(13-40)5-27(4-25)14-40)22-49-36(45)41-15-28-6-29(16-41)8-30(7-28)17-41/h25-33,46H,3-24H2,1-2H3. The SMILES string of the molecule is CC(C)(SOOO)C(=O)OCC12CC3CC(C1)C1(OCC(COC(=O)C45CC6CC(CC(C6)C4)C5)(COC(=O)C45CC6CC(CC(C6)C4)C5)CO1)C(C3)C2. The molecule has 1 N–H and O–H groups in total. The third-order valence-corrected chi connectivity index (χ3v) is 17.6. The Kier molecular flexibility index (Phi) is 8.90. The maximum absolute atomic E-state index is 14.1. The largest absolute Gasteiger partial charge is 0.464 e. The number of carbonyl (C=O) groups is 3. The Morgan fingerprint density at radius 1 is 0.611 bits per heavy atom. The van der Waals surface area contributed by atoms with Crippen LogP contribution in [-0.4, -0.2) is 66.7 Å². The van der Waals surface area contributed by atoms with Gasteiger partial charge in [-0.2, -0.15) is 0 Å². The molecule has 11 nitrogen and oxygen atoms in total. The van der Waals surface area contributed by atoms with Gasteiger partial charge in [0.15, 0.2) is 5.79 Å². The summed E-state index contributed by atoms with van der Waals surface area (Å²) in [7, 11) is 0. The first kappa shape index (κ1) is 36.9. The van der Waals surface area contributed by atoms with E-state index in [4.69, 9.17) is 28.9 Å². The summed E-state index contributed by atoms with van der Waals surface area (Å²) in [5, 5.41) is 12.3. The molecule has 0 aromatic carbocycles. The summed E-state index contributed by atoms with van der Waals surface area (Å²) < 4.78 is 36.3. The normalized spacial score (nSPS) is 49.1. The fourth-order valence-corrected chi connectivity index (χ4v) is 15.9. The van der Waals surface area contributed by atoms with Gasteiger partial charge >= 0.3 is 17.9 Å². The lowest BCUT2D eigenvalue weighted by atomic mass is 9.47. The van der Waals surface area contributed by atoms with Crippen molar-refractivity contribution in [1.29, 1.82) is 0 Å². The Balaban J connectivity index is 0.839. The summed E-state index contributed by atoms with van der Waals surface area (Å²) in [6.07, 6.45) is 18.0. The van der Waals surface area contributed by atoms with Crippen molar-refractivity contribution in [2.75, 3.05) is 33.0 Å². The van der Waals surface area contributed by atoms with Gasteiger partial charge in [0.2, 0.25) is 0 Å². The van der Waals surface area contributed by atoms with Gasteiger partial charge in [-0.25, -0.2) is 5.26 Å². The predicted molar refractivity (Wildman–Crippen MR) is 194 cm³/mol. The average Bonchev–Trinajstić information content (AvgIpc) is 3.12. The van der Waals surface area contributed by atoms with Crippen LogP contribution >= 0.6 is 12.0 Å². The van der Waals surface area contributed by atoms with Gasteiger partial charge in [0, 0.05) is 17.3 Å². The van der Waals surface area contributed by atoms with Gasteiger partial charge < -0.3 is 23.7 Å². The van der Waals surface area contributed by atoms with Crippen LogP contribution in [0.3, 0.4) is 0 Å². The molecule has 13 rings (SSSR count). The fraction of sp³-hybridized carbons (Fsp3) is 0.929. The number of ether oxygens (including phenoxy) is 5. The Bertz CT molecular complexity index is 1370. The quantitative estimate of drug-likeness (QED) is 0.0694. The molecule has 1 aliphatic heterocycles. The summed E-state index contributed by atoms with van der Waals surface area (Å²) in [6.45, 7) is 4.55. The number of rotatable bonds is 12. The molecule has 2 unspecified atom stereocenters. The summed E-state index contributed by atoms with van der Waals surface area (Å²) in [6, 6.07) is 0. The van der Waals surface area contributed by atoms with Crippen LogP contribution in [0.5, 0.6) is 0 Å². The van der Waals surface area contributed by atoms with Crippen LogP contribution in [0.25, 0.3) is 0 Å². The van der Waals surface area contributed by atoms with Gasteiger partial charge in [-0.3, -0.25) is 14.4 Å². The van der Waals surface area contributed by atoms with E-state index in [1.165, 1.54) is 38.5 Å². The molecule has 13 fully saturated rings. The van der Waals surface area contributed by atoms with Gasteiger partial charge in [0.25, 0.3) is 0 Å². The van der Waals surface area contributed by atoms with Gasteiger partial charge in [0.1, 0.15) is 18.0 Å². The van der Waals surface area contributed by atoms with Crippen LogP contribution in [0.15, 0.2) is 0 Å². The molecule has 0 radical (unpaired) electrons. The van der Waals surface area contributed by atoms with E-state index in [-0.39, 0.29) is 53.2 Å². The number of hydrogen-bond donors (Lipinski definition) is 1. The summed E-state index contributed by atoms with van der Waals surface area (Å²) in [5.41, 5.74) is -1.65. The maximum Gasteiger partial charge on any atom is 0.324 e. The van der Waals surface area contributed by atoms with Crippen LogP contribution in [0.1, 0.15) is 123 Å². The Hall–Kier alpha value is -1.44. The number of esters is 3. The average molecular weight is 773 g/mol. The second-order valence-corrected chi connectivity index (χ2v) is 22.8. The molecule has 12 bridgehead atoms. The monoisotopic (exact) mass is 772 g/mol. The van der Waals surface area contributed by atoms with Crippen LogP contribution < -0.4 is 0 Å². The molecule has 1 spiro atoms. The highest BCUT2D eigenvalue weighted by Crippen LogP contribution is 2.67. The number of hydrogen-bond acceptors (Lipinski definition) is 12. The topological polar surface area (TPSA) is 136 Å². The molecule has 300 valence electrons. The Morgan fingerprint density at radius 3 is 1.46 bits per heavy atom. The smallest absolute Gasteiger partial charge is 0.324 e. The summed E-state index contributed by atoms with van der Waals surface area (Å²) in [4.78, 5) is 41.3. The molecule has 12 saturated carbocycles. The van der Waals surface area contributed by atoms with E-state index in [0.717, 1.165) is 70.6 Å². The molecule has 54 heavy (non-hydrogen) atoms. The molecular weight excluding hydrogens is 713 g/mol. The molecule has 0 aromatic heterocycles. The lowest BCUT2D eigenvalue weighted by Crippen LogP contribution is -2.68. The zero-order valence-electron chi connectivity index (χ0n) is 32.2. The molecule has 12 aliphatic carbocycles. The van der Waals surface area contributed by atoms with Crippen LogP contribution in [0.2, 0.25) is 0 Å². The van der Waals surface area contributed by atoms with Crippen molar-refractivity contribution >= 4 is 30.0 Å². The molecule has 12 heteroatoms. The van der Waals surface area contributed by atoms with Gasteiger partial charge in [-0.1, -0.05) is 5.04 Å². The third-order valence-electron chi connectivity index (χ3n) is 16.9. The van der Waals surface area contributed by atoms with Gasteiger partial charge in [0.05, 0.1) is 48.1 Å². The van der Waals surface area contributed by atoms with E-state index < -0.39 is 21.9 Å². The van der Waals surface area contributed by atoms with Crippen LogP contribution in [-0.2, 0) is 47.4 Å². The second-order valence-electron chi connectivity index (χ2n) is 21.5. The fourth-order valence-electron chi connectivity index (χ4n) is 15.6. The van der Waals surface area contributed by atoms with E-state index in [1.807, 2.05) is 0 Å². The van der Waals surface area contributed by atoms with Gasteiger partial charge in [-0.15, -0.1) is 4.33 Å². The van der Waals surface area contributed by atoms with Crippen molar-refractivity contribution in [3.8, 4) is 0 Å². The highest BCUT2D eigenvalue weighted by Gasteiger charge is 2.67. The van der Waals surface area contributed by atoms with E-state index in [2.05, 4.69) is 9.37 Å². The molecule has 13 aliphatic rings. The Labute approximate surface area is 323 Å². The zero-order chi connectivity index (χ0) is 37.1. The van der Waals surface area contributed by atoms with E-state index >= 15 is 0 Å². The van der Waals surface area contributed by atoms with Crippen molar-refractivity contribution in [2.24, 2.45) is 74.9 Å². The van der Waals surface area contributed by atoms with Crippen molar-refractivity contribution in [3.63, 3.8) is 0 Å². The van der Waals surface area contributed by atoms with Crippen LogP contribution in [0, 0.1) is 74.9 Å². The molecule has 1 saturated heterocycles. The lowest BCUT2D eigenvalue weighted by molar-refractivity contribution is -0.432. The predicted octanol–water partition coefficient (Wildman–Crippen LogP) is 7.45. The number of carbonyl (C=O) groups excluding carboxylic acids is 3. The molecule has 0 aromatic rings. The highest BCUT2D eigenvalue weighted by atomic mass is 32.2. The third kappa shape index (κ3) is 6.11. The molecular formula is C42H60O11S. The minimum absolute atomic E-state index is 0.0585. The minimum Gasteiger partial charge on any atom is -0.464 e. The summed E-state index contributed by atoms with van der Waals surface area (Å²) >= 11 is 0.711. The second kappa shape index (κ2) is 13.0.